The van der Waals surface area contributed by atoms with Crippen LogP contribution in [0, 0.1) is 17.0 Å². The second-order valence-corrected chi connectivity index (χ2v) is 6.97. The lowest BCUT2D eigenvalue weighted by molar-refractivity contribution is -0.385. The zero-order chi connectivity index (χ0) is 15.6. The van der Waals surface area contributed by atoms with E-state index in [0.29, 0.717) is 6.61 Å². The second kappa shape index (κ2) is 6.27. The Kier molecular flexibility index (Phi) is 4.82. The van der Waals surface area contributed by atoms with E-state index < -0.39 is 14.9 Å². The predicted molar refractivity (Wildman–Crippen MR) is 77.0 cm³/mol. The van der Waals surface area contributed by atoms with Crippen molar-refractivity contribution in [1.82, 2.24) is 4.72 Å². The summed E-state index contributed by atoms with van der Waals surface area (Å²) in [6, 6.07) is 2.22. The molecule has 1 aliphatic rings. The highest BCUT2D eigenvalue weighted by Gasteiger charge is 2.24. The third-order valence-electron chi connectivity index (χ3n) is 3.32. The van der Waals surface area contributed by atoms with Crippen LogP contribution in [0.5, 0.6) is 0 Å². The van der Waals surface area contributed by atoms with E-state index in [1.807, 2.05) is 0 Å². The molecule has 1 atom stereocenters. The quantitative estimate of drug-likeness (QED) is 0.656. The van der Waals surface area contributed by atoms with E-state index in [0.717, 1.165) is 18.9 Å². The molecule has 9 heteroatoms. The minimum atomic E-state index is -3.86. The van der Waals surface area contributed by atoms with Gasteiger partial charge in [-0.1, -0.05) is 11.6 Å². The maximum absolute atomic E-state index is 12.2. The van der Waals surface area contributed by atoms with Gasteiger partial charge in [0.05, 0.1) is 20.9 Å². The predicted octanol–water partition coefficient (Wildman–Crippen LogP) is 2.01. The molecule has 1 aliphatic heterocycles. The first-order chi connectivity index (χ1) is 9.81. The van der Waals surface area contributed by atoms with Crippen molar-refractivity contribution in [1.29, 1.82) is 0 Å². The number of nitro groups is 1. The van der Waals surface area contributed by atoms with Gasteiger partial charge in [-0.05, 0) is 25.8 Å². The number of ether oxygens (including phenoxy) is 1. The Morgan fingerprint density at radius 1 is 1.52 bits per heavy atom. The largest absolute Gasteiger partial charge is 0.377 e. The fourth-order valence-electron chi connectivity index (χ4n) is 2.08. The van der Waals surface area contributed by atoms with E-state index in [2.05, 4.69) is 4.72 Å². The molecule has 0 aromatic heterocycles. The summed E-state index contributed by atoms with van der Waals surface area (Å²) >= 11 is 5.88. The average molecular weight is 335 g/mol. The van der Waals surface area contributed by atoms with Gasteiger partial charge in [-0.15, -0.1) is 0 Å². The summed E-state index contributed by atoms with van der Waals surface area (Å²) in [4.78, 5) is 10.1. The van der Waals surface area contributed by atoms with Crippen molar-refractivity contribution >= 4 is 27.3 Å². The normalized spacial score (nSPS) is 18.9. The number of nitrogens with one attached hydrogen (secondary N) is 1. The van der Waals surface area contributed by atoms with E-state index in [-0.39, 0.29) is 33.8 Å². The third-order valence-corrected chi connectivity index (χ3v) is 5.12. The molecule has 116 valence electrons. The van der Waals surface area contributed by atoms with E-state index in [1.165, 1.54) is 13.0 Å². The van der Waals surface area contributed by atoms with Gasteiger partial charge < -0.3 is 4.74 Å². The molecule has 0 spiro atoms. The Morgan fingerprint density at radius 2 is 2.24 bits per heavy atom. The van der Waals surface area contributed by atoms with Gasteiger partial charge in [-0.3, -0.25) is 10.1 Å². The molecule has 7 nitrogen and oxygen atoms in total. The molecule has 1 saturated heterocycles. The van der Waals surface area contributed by atoms with Gasteiger partial charge in [0.2, 0.25) is 10.0 Å². The van der Waals surface area contributed by atoms with Gasteiger partial charge in [0.15, 0.2) is 0 Å². The Morgan fingerprint density at radius 3 is 2.81 bits per heavy atom. The average Bonchev–Trinajstić information content (AvgIpc) is 2.92. The Balaban J connectivity index is 2.24. The second-order valence-electron chi connectivity index (χ2n) is 4.79. The summed E-state index contributed by atoms with van der Waals surface area (Å²) < 4.78 is 32.1. The lowest BCUT2D eigenvalue weighted by Crippen LogP contribution is -2.31. The van der Waals surface area contributed by atoms with Crippen LogP contribution < -0.4 is 4.72 Å². The van der Waals surface area contributed by atoms with Gasteiger partial charge in [0, 0.05) is 24.8 Å². The summed E-state index contributed by atoms with van der Waals surface area (Å²) in [5.41, 5.74) is -0.0836. The summed E-state index contributed by atoms with van der Waals surface area (Å²) in [7, 11) is -3.86. The van der Waals surface area contributed by atoms with Crippen molar-refractivity contribution in [3.8, 4) is 0 Å². The number of hydrogen-bond acceptors (Lipinski definition) is 5. The fraction of sp³-hybridized carbons (Fsp3) is 0.500. The highest BCUT2D eigenvalue weighted by Crippen LogP contribution is 2.29. The van der Waals surface area contributed by atoms with Crippen LogP contribution in [0.3, 0.4) is 0 Å². The highest BCUT2D eigenvalue weighted by atomic mass is 35.5. The maximum Gasteiger partial charge on any atom is 0.275 e. The van der Waals surface area contributed by atoms with Crippen molar-refractivity contribution in [2.24, 2.45) is 0 Å². The molecule has 2 rings (SSSR count). The molecule has 1 fully saturated rings. The summed E-state index contributed by atoms with van der Waals surface area (Å²) in [5.74, 6) is 0. The van der Waals surface area contributed by atoms with Gasteiger partial charge in [-0.25, -0.2) is 13.1 Å². The molecule has 1 aromatic rings. The molecule has 1 heterocycles. The molecule has 0 amide bonds. The van der Waals surface area contributed by atoms with Crippen molar-refractivity contribution in [2.45, 2.75) is 30.8 Å². The lowest BCUT2D eigenvalue weighted by Gasteiger charge is -2.12. The Labute approximate surface area is 127 Å². The van der Waals surface area contributed by atoms with Crippen LogP contribution in [-0.4, -0.2) is 32.6 Å². The highest BCUT2D eigenvalue weighted by molar-refractivity contribution is 7.89. The first kappa shape index (κ1) is 16.2. The molecule has 0 radical (unpaired) electrons. The number of sulfonamides is 1. The van der Waals surface area contributed by atoms with E-state index in [4.69, 9.17) is 16.3 Å². The summed E-state index contributed by atoms with van der Waals surface area (Å²) in [6.45, 7) is 2.23. The summed E-state index contributed by atoms with van der Waals surface area (Å²) in [5, 5.41) is 11.0. The van der Waals surface area contributed by atoms with Crippen molar-refractivity contribution in [3.05, 3.63) is 32.8 Å². The first-order valence-corrected chi connectivity index (χ1v) is 8.23. The number of nitro benzene ring substituents is 1. The number of hydrogen-bond donors (Lipinski definition) is 1. The summed E-state index contributed by atoms with van der Waals surface area (Å²) in [6.07, 6.45) is 1.53. The van der Waals surface area contributed by atoms with Gasteiger partial charge >= 0.3 is 0 Å². The molecular formula is C12H15ClN2O5S. The molecular weight excluding hydrogens is 320 g/mol. The Bertz CT molecular complexity index is 656. The standard InChI is InChI=1S/C12H15ClN2O5S/c1-8-11(13)5-10(6-12(8)15(16)17)21(18,19)14-7-9-3-2-4-20-9/h5-6,9,14H,2-4,7H2,1H3. The van der Waals surface area contributed by atoms with Crippen LogP contribution in [0.25, 0.3) is 0 Å². The maximum atomic E-state index is 12.2. The minimum Gasteiger partial charge on any atom is -0.377 e. The van der Waals surface area contributed by atoms with Crippen LogP contribution in [0.1, 0.15) is 18.4 Å². The van der Waals surface area contributed by atoms with Crippen LogP contribution in [-0.2, 0) is 14.8 Å². The van der Waals surface area contributed by atoms with Crippen LogP contribution >= 0.6 is 11.6 Å². The number of benzene rings is 1. The minimum absolute atomic E-state index is 0.0432. The molecule has 0 saturated carbocycles. The molecule has 0 bridgehead atoms. The van der Waals surface area contributed by atoms with Gasteiger partial charge in [0.1, 0.15) is 0 Å². The molecule has 1 N–H and O–H groups in total. The van der Waals surface area contributed by atoms with E-state index in [9.17, 15) is 18.5 Å². The van der Waals surface area contributed by atoms with Crippen molar-refractivity contribution < 1.29 is 18.1 Å². The van der Waals surface area contributed by atoms with Gasteiger partial charge in [0.25, 0.3) is 5.69 Å². The monoisotopic (exact) mass is 334 g/mol. The zero-order valence-corrected chi connectivity index (χ0v) is 12.9. The molecule has 21 heavy (non-hydrogen) atoms. The Hall–Kier alpha value is -1.22. The SMILES string of the molecule is Cc1c(Cl)cc(S(=O)(=O)NCC2CCCO2)cc1[N+](=O)[O-]. The van der Waals surface area contributed by atoms with Gasteiger partial charge in [-0.2, -0.15) is 0 Å². The fourth-order valence-corrected chi connectivity index (χ4v) is 3.47. The smallest absolute Gasteiger partial charge is 0.275 e. The van der Waals surface area contributed by atoms with Crippen LogP contribution in [0.4, 0.5) is 5.69 Å². The topological polar surface area (TPSA) is 98.5 Å². The van der Waals surface area contributed by atoms with Crippen molar-refractivity contribution in [2.75, 3.05) is 13.2 Å². The van der Waals surface area contributed by atoms with Crippen LogP contribution in [0.15, 0.2) is 17.0 Å². The van der Waals surface area contributed by atoms with E-state index >= 15 is 0 Å². The number of halogens is 1. The molecule has 1 unspecified atom stereocenters. The van der Waals surface area contributed by atoms with Crippen molar-refractivity contribution in [3.63, 3.8) is 0 Å². The van der Waals surface area contributed by atoms with E-state index in [1.54, 1.807) is 0 Å². The lowest BCUT2D eigenvalue weighted by atomic mass is 10.2. The zero-order valence-electron chi connectivity index (χ0n) is 11.3. The first-order valence-electron chi connectivity index (χ1n) is 6.37. The number of nitrogens with zero attached hydrogens (tertiary/aromatic N) is 1. The van der Waals surface area contributed by atoms with Crippen LogP contribution in [0.2, 0.25) is 5.02 Å². The third kappa shape index (κ3) is 3.70. The molecule has 1 aromatic carbocycles. The molecule has 0 aliphatic carbocycles. The number of rotatable bonds is 5.